The lowest BCUT2D eigenvalue weighted by Gasteiger charge is -2.35. The van der Waals surface area contributed by atoms with Gasteiger partial charge in [0.1, 0.15) is 0 Å². The van der Waals surface area contributed by atoms with Crippen molar-refractivity contribution in [2.45, 2.75) is 20.8 Å². The maximum absolute atomic E-state index is 13.3. The molecule has 6 nitrogen and oxygen atoms in total. The molecule has 0 spiro atoms. The minimum atomic E-state index is -0.131. The van der Waals surface area contributed by atoms with Crippen LogP contribution in [0.25, 0.3) is 10.9 Å². The number of fused-ring (bicyclic) bond motifs is 1. The standard InChI is InChI=1S/C24H26N4O2/c1-16-5-4-6-19(13-16)26-24(30)28-11-9-27(10-12-28)23(29)21-15-18(3)25-22-8-7-17(2)14-20(21)22/h4-8,13-15H,9-12H2,1-3H3,(H,26,30). The van der Waals surface area contributed by atoms with Crippen molar-refractivity contribution < 1.29 is 9.59 Å². The summed E-state index contributed by atoms with van der Waals surface area (Å²) < 4.78 is 0. The van der Waals surface area contributed by atoms with Crippen LogP contribution in [0.3, 0.4) is 0 Å². The fourth-order valence-electron chi connectivity index (χ4n) is 3.86. The van der Waals surface area contributed by atoms with E-state index in [1.807, 2.05) is 74.2 Å². The molecule has 0 saturated carbocycles. The van der Waals surface area contributed by atoms with Crippen molar-refractivity contribution >= 4 is 28.5 Å². The van der Waals surface area contributed by atoms with E-state index in [1.54, 1.807) is 4.90 Å². The van der Waals surface area contributed by atoms with Gasteiger partial charge in [0.25, 0.3) is 5.91 Å². The summed E-state index contributed by atoms with van der Waals surface area (Å²) in [7, 11) is 0. The number of aromatic nitrogens is 1. The average Bonchev–Trinajstić information content (AvgIpc) is 2.73. The number of carbonyl (C=O) groups is 2. The van der Waals surface area contributed by atoms with Gasteiger partial charge in [0.15, 0.2) is 0 Å². The van der Waals surface area contributed by atoms with Gasteiger partial charge >= 0.3 is 6.03 Å². The predicted octanol–water partition coefficient (Wildman–Crippen LogP) is 4.15. The number of urea groups is 1. The van der Waals surface area contributed by atoms with Gasteiger partial charge in [0.05, 0.1) is 11.1 Å². The van der Waals surface area contributed by atoms with Crippen molar-refractivity contribution in [3.05, 3.63) is 70.9 Å². The first-order valence-corrected chi connectivity index (χ1v) is 10.2. The topological polar surface area (TPSA) is 65.5 Å². The van der Waals surface area contributed by atoms with Gasteiger partial charge in [-0.15, -0.1) is 0 Å². The summed E-state index contributed by atoms with van der Waals surface area (Å²) in [6.45, 7) is 7.94. The van der Waals surface area contributed by atoms with Gasteiger partial charge in [-0.25, -0.2) is 4.79 Å². The highest BCUT2D eigenvalue weighted by molar-refractivity contribution is 6.06. The van der Waals surface area contributed by atoms with Gasteiger partial charge in [0, 0.05) is 42.9 Å². The molecule has 30 heavy (non-hydrogen) atoms. The number of benzene rings is 2. The minimum Gasteiger partial charge on any atom is -0.335 e. The SMILES string of the molecule is Cc1cccc(NC(=O)N2CCN(C(=O)c3cc(C)nc4ccc(C)cc34)CC2)c1. The van der Waals surface area contributed by atoms with E-state index in [-0.39, 0.29) is 11.9 Å². The second-order valence-electron chi connectivity index (χ2n) is 7.91. The number of anilines is 1. The molecule has 1 aliphatic heterocycles. The Morgan fingerprint density at radius 1 is 0.867 bits per heavy atom. The molecule has 1 aliphatic rings. The zero-order chi connectivity index (χ0) is 21.3. The highest BCUT2D eigenvalue weighted by Crippen LogP contribution is 2.22. The normalized spacial score (nSPS) is 14.1. The molecule has 2 heterocycles. The van der Waals surface area contributed by atoms with E-state index in [9.17, 15) is 9.59 Å². The van der Waals surface area contributed by atoms with E-state index in [4.69, 9.17) is 0 Å². The number of pyridine rings is 1. The fraction of sp³-hybridized carbons (Fsp3) is 0.292. The van der Waals surface area contributed by atoms with Crippen LogP contribution in [0.4, 0.5) is 10.5 Å². The Labute approximate surface area is 176 Å². The van der Waals surface area contributed by atoms with Gasteiger partial charge in [-0.1, -0.05) is 23.8 Å². The molecule has 6 heteroatoms. The third-order valence-electron chi connectivity index (χ3n) is 5.45. The summed E-state index contributed by atoms with van der Waals surface area (Å²) in [5, 5.41) is 3.82. The molecule has 0 radical (unpaired) electrons. The highest BCUT2D eigenvalue weighted by atomic mass is 16.2. The smallest absolute Gasteiger partial charge is 0.321 e. The monoisotopic (exact) mass is 402 g/mol. The van der Waals surface area contributed by atoms with Gasteiger partial charge < -0.3 is 15.1 Å². The third-order valence-corrected chi connectivity index (χ3v) is 5.45. The zero-order valence-electron chi connectivity index (χ0n) is 17.6. The van der Waals surface area contributed by atoms with Gasteiger partial charge in [0.2, 0.25) is 0 Å². The van der Waals surface area contributed by atoms with Crippen LogP contribution in [0.5, 0.6) is 0 Å². The molecule has 0 aliphatic carbocycles. The third kappa shape index (κ3) is 4.13. The van der Waals surface area contributed by atoms with E-state index in [1.165, 1.54) is 0 Å². The van der Waals surface area contributed by atoms with Crippen LogP contribution in [0, 0.1) is 20.8 Å². The Balaban J connectivity index is 1.45. The van der Waals surface area contributed by atoms with Crippen molar-refractivity contribution in [1.29, 1.82) is 0 Å². The molecule has 0 atom stereocenters. The summed E-state index contributed by atoms with van der Waals surface area (Å²) in [6.07, 6.45) is 0. The van der Waals surface area contributed by atoms with Crippen LogP contribution in [-0.2, 0) is 0 Å². The molecule has 154 valence electrons. The number of nitrogens with zero attached hydrogens (tertiary/aromatic N) is 3. The van der Waals surface area contributed by atoms with Crippen LogP contribution in [0.15, 0.2) is 48.5 Å². The summed E-state index contributed by atoms with van der Waals surface area (Å²) in [4.78, 5) is 34.0. The molecule has 3 amide bonds. The number of rotatable bonds is 2. The fourth-order valence-corrected chi connectivity index (χ4v) is 3.86. The second kappa shape index (κ2) is 8.14. The second-order valence-corrected chi connectivity index (χ2v) is 7.91. The first-order valence-electron chi connectivity index (χ1n) is 10.2. The van der Waals surface area contributed by atoms with Crippen LogP contribution in [-0.4, -0.2) is 52.9 Å². The van der Waals surface area contributed by atoms with Gasteiger partial charge in [-0.2, -0.15) is 0 Å². The van der Waals surface area contributed by atoms with Gasteiger partial charge in [-0.05, 0) is 56.7 Å². The summed E-state index contributed by atoms with van der Waals surface area (Å²) in [5.41, 5.74) is 5.32. The van der Waals surface area contributed by atoms with E-state index >= 15 is 0 Å². The van der Waals surface area contributed by atoms with Crippen LogP contribution in [0.2, 0.25) is 0 Å². The number of hydrogen-bond acceptors (Lipinski definition) is 3. The molecular weight excluding hydrogens is 376 g/mol. The van der Waals surface area contributed by atoms with Crippen molar-refractivity contribution in [1.82, 2.24) is 14.8 Å². The highest BCUT2D eigenvalue weighted by Gasteiger charge is 2.26. The van der Waals surface area contributed by atoms with Crippen LogP contribution >= 0.6 is 0 Å². The van der Waals surface area contributed by atoms with E-state index in [0.717, 1.165) is 33.4 Å². The Morgan fingerprint density at radius 3 is 2.30 bits per heavy atom. The number of aryl methyl sites for hydroxylation is 3. The Hall–Kier alpha value is -3.41. The number of amides is 3. The summed E-state index contributed by atoms with van der Waals surface area (Å²) in [6, 6.07) is 15.4. The first-order chi connectivity index (χ1) is 14.4. The molecule has 1 saturated heterocycles. The predicted molar refractivity (Wildman–Crippen MR) is 119 cm³/mol. The van der Waals surface area contributed by atoms with Crippen molar-refractivity contribution in [3.8, 4) is 0 Å². The van der Waals surface area contributed by atoms with E-state index in [0.29, 0.717) is 31.7 Å². The Morgan fingerprint density at radius 2 is 1.57 bits per heavy atom. The number of nitrogens with one attached hydrogen (secondary N) is 1. The largest absolute Gasteiger partial charge is 0.335 e. The number of hydrogen-bond donors (Lipinski definition) is 1. The van der Waals surface area contributed by atoms with Gasteiger partial charge in [-0.3, -0.25) is 9.78 Å². The molecule has 1 aromatic heterocycles. The zero-order valence-corrected chi connectivity index (χ0v) is 17.6. The average molecular weight is 402 g/mol. The summed E-state index contributed by atoms with van der Waals surface area (Å²) in [5.74, 6) is -0.00478. The molecule has 2 aromatic carbocycles. The lowest BCUT2D eigenvalue weighted by Crippen LogP contribution is -2.51. The Kier molecular flexibility index (Phi) is 5.40. The molecular formula is C24H26N4O2. The molecule has 1 fully saturated rings. The lowest BCUT2D eigenvalue weighted by molar-refractivity contribution is 0.0673. The molecule has 4 rings (SSSR count). The maximum atomic E-state index is 13.3. The van der Waals surface area contributed by atoms with Crippen LogP contribution in [0.1, 0.15) is 27.2 Å². The quantitative estimate of drug-likeness (QED) is 0.700. The molecule has 0 bridgehead atoms. The summed E-state index contributed by atoms with van der Waals surface area (Å²) >= 11 is 0. The van der Waals surface area contributed by atoms with E-state index in [2.05, 4.69) is 10.3 Å². The Bertz CT molecular complexity index is 1120. The maximum Gasteiger partial charge on any atom is 0.321 e. The molecule has 0 unspecified atom stereocenters. The first kappa shape index (κ1) is 19.9. The molecule has 1 N–H and O–H groups in total. The number of piperazine rings is 1. The van der Waals surface area contributed by atoms with Crippen LogP contribution < -0.4 is 5.32 Å². The molecule has 3 aromatic rings. The van der Waals surface area contributed by atoms with Crippen molar-refractivity contribution in [2.75, 3.05) is 31.5 Å². The van der Waals surface area contributed by atoms with Crippen molar-refractivity contribution in [3.63, 3.8) is 0 Å². The minimum absolute atomic E-state index is 0.00478. The number of carbonyl (C=O) groups excluding carboxylic acids is 2. The van der Waals surface area contributed by atoms with Crippen molar-refractivity contribution in [2.24, 2.45) is 0 Å². The van der Waals surface area contributed by atoms with E-state index < -0.39 is 0 Å². The lowest BCUT2D eigenvalue weighted by atomic mass is 10.0.